The molecule has 1 aliphatic heterocycles. The van der Waals surface area contributed by atoms with Crippen molar-refractivity contribution in [3.05, 3.63) is 34.9 Å². The molecule has 1 aliphatic rings. The van der Waals surface area contributed by atoms with Crippen molar-refractivity contribution in [2.24, 2.45) is 0 Å². The second kappa shape index (κ2) is 3.44. The minimum absolute atomic E-state index is 0.295. The molecule has 0 aliphatic carbocycles. The van der Waals surface area contributed by atoms with Crippen molar-refractivity contribution in [3.63, 3.8) is 0 Å². The number of nitrogens with one attached hydrogen (secondary N) is 1. The molecule has 0 saturated heterocycles. The number of anilines is 1. The van der Waals surface area contributed by atoms with E-state index in [0.29, 0.717) is 16.3 Å². The third kappa shape index (κ3) is 1.71. The van der Waals surface area contributed by atoms with E-state index in [0.717, 1.165) is 6.42 Å². The number of aromatic amines is 1. The number of hydrogen-bond acceptors (Lipinski definition) is 2. The van der Waals surface area contributed by atoms with Crippen LogP contribution in [0.4, 0.5) is 5.95 Å². The zero-order valence-electron chi connectivity index (χ0n) is 6.67. The standard InChI is InChI=1S/C8H7Cl2N3/c9-6-7(10)12-8(11-6)13-4-2-1-3-5-13/h2-5H,1H2,(H,11,12). The number of H-pyrrole nitrogens is 1. The highest BCUT2D eigenvalue weighted by molar-refractivity contribution is 6.40. The molecule has 3 nitrogen and oxygen atoms in total. The number of aromatic nitrogens is 2. The maximum absolute atomic E-state index is 5.72. The van der Waals surface area contributed by atoms with E-state index in [1.54, 1.807) is 0 Å². The first-order valence-electron chi connectivity index (χ1n) is 3.80. The highest BCUT2D eigenvalue weighted by Crippen LogP contribution is 2.23. The molecule has 13 heavy (non-hydrogen) atoms. The summed E-state index contributed by atoms with van der Waals surface area (Å²) >= 11 is 11.4. The number of nitrogens with zero attached hydrogens (tertiary/aromatic N) is 2. The Labute approximate surface area is 85.7 Å². The molecule has 0 fully saturated rings. The molecule has 1 aromatic heterocycles. The maximum atomic E-state index is 5.72. The Kier molecular flexibility index (Phi) is 2.29. The Morgan fingerprint density at radius 3 is 2.54 bits per heavy atom. The molecule has 0 unspecified atom stereocenters. The quantitative estimate of drug-likeness (QED) is 0.782. The maximum Gasteiger partial charge on any atom is 0.213 e. The van der Waals surface area contributed by atoms with Crippen LogP contribution in [0.1, 0.15) is 6.42 Å². The average molecular weight is 216 g/mol. The van der Waals surface area contributed by atoms with Gasteiger partial charge in [-0.05, 0) is 6.42 Å². The highest BCUT2D eigenvalue weighted by Gasteiger charge is 2.09. The van der Waals surface area contributed by atoms with Gasteiger partial charge in [-0.1, -0.05) is 35.4 Å². The zero-order valence-corrected chi connectivity index (χ0v) is 8.18. The summed E-state index contributed by atoms with van der Waals surface area (Å²) in [6.07, 6.45) is 8.80. The molecule has 0 amide bonds. The van der Waals surface area contributed by atoms with Crippen LogP contribution in [0.5, 0.6) is 0 Å². The van der Waals surface area contributed by atoms with Gasteiger partial charge in [-0.3, -0.25) is 4.90 Å². The van der Waals surface area contributed by atoms with Crippen molar-refractivity contribution in [2.75, 3.05) is 4.90 Å². The molecule has 0 bridgehead atoms. The lowest BCUT2D eigenvalue weighted by Gasteiger charge is -2.13. The van der Waals surface area contributed by atoms with Gasteiger partial charge in [0.1, 0.15) is 5.15 Å². The van der Waals surface area contributed by atoms with Gasteiger partial charge in [-0.15, -0.1) is 0 Å². The molecule has 1 N–H and O–H groups in total. The first-order chi connectivity index (χ1) is 6.27. The van der Waals surface area contributed by atoms with Crippen LogP contribution in [-0.4, -0.2) is 9.97 Å². The number of halogens is 2. The number of allylic oxidation sites excluding steroid dienone is 2. The largest absolute Gasteiger partial charge is 0.313 e. The second-order valence-electron chi connectivity index (χ2n) is 2.58. The summed E-state index contributed by atoms with van der Waals surface area (Å²) in [4.78, 5) is 8.72. The van der Waals surface area contributed by atoms with Gasteiger partial charge in [0.15, 0.2) is 5.15 Å². The Balaban J connectivity index is 2.29. The Bertz CT molecular complexity index is 336. The predicted octanol–water partition coefficient (Wildman–Crippen LogP) is 2.95. The van der Waals surface area contributed by atoms with Crippen LogP contribution in [0, 0.1) is 0 Å². The van der Waals surface area contributed by atoms with Crippen molar-refractivity contribution in [3.8, 4) is 0 Å². The normalized spacial score (nSPS) is 15.4. The average Bonchev–Trinajstić information content (AvgIpc) is 2.49. The topological polar surface area (TPSA) is 31.9 Å². The molecule has 0 atom stereocenters. The summed E-state index contributed by atoms with van der Waals surface area (Å²) in [6.45, 7) is 0. The van der Waals surface area contributed by atoms with Gasteiger partial charge >= 0.3 is 0 Å². The van der Waals surface area contributed by atoms with Crippen molar-refractivity contribution in [2.45, 2.75) is 6.42 Å². The van der Waals surface area contributed by atoms with Crippen LogP contribution >= 0.6 is 23.2 Å². The Morgan fingerprint density at radius 2 is 2.00 bits per heavy atom. The van der Waals surface area contributed by atoms with Crippen LogP contribution < -0.4 is 4.90 Å². The van der Waals surface area contributed by atoms with Crippen LogP contribution in [0.15, 0.2) is 24.6 Å². The zero-order chi connectivity index (χ0) is 9.26. The molecule has 2 rings (SSSR count). The SMILES string of the molecule is Clc1nc(N2C=CCC=C2)[nH]c1Cl. The molecule has 0 aromatic carbocycles. The summed E-state index contributed by atoms with van der Waals surface area (Å²) in [7, 11) is 0. The van der Waals surface area contributed by atoms with E-state index in [9.17, 15) is 0 Å². The van der Waals surface area contributed by atoms with Crippen molar-refractivity contribution < 1.29 is 0 Å². The van der Waals surface area contributed by atoms with E-state index < -0.39 is 0 Å². The second-order valence-corrected chi connectivity index (χ2v) is 3.31. The summed E-state index contributed by atoms with van der Waals surface area (Å²) in [5.41, 5.74) is 0. The van der Waals surface area contributed by atoms with E-state index in [2.05, 4.69) is 9.97 Å². The molecule has 5 heteroatoms. The van der Waals surface area contributed by atoms with Gasteiger partial charge < -0.3 is 4.98 Å². The lowest BCUT2D eigenvalue weighted by molar-refractivity contribution is 1.10. The van der Waals surface area contributed by atoms with Gasteiger partial charge in [0.05, 0.1) is 0 Å². The van der Waals surface area contributed by atoms with Gasteiger partial charge in [-0.25, -0.2) is 0 Å². The minimum atomic E-state index is 0.295. The fourth-order valence-electron chi connectivity index (χ4n) is 1.06. The first kappa shape index (κ1) is 8.66. The van der Waals surface area contributed by atoms with Crippen LogP contribution in [0.25, 0.3) is 0 Å². The van der Waals surface area contributed by atoms with E-state index in [4.69, 9.17) is 23.2 Å². The summed E-state index contributed by atoms with van der Waals surface area (Å²) < 4.78 is 0. The fraction of sp³-hybridized carbons (Fsp3) is 0.125. The number of rotatable bonds is 1. The van der Waals surface area contributed by atoms with E-state index in [1.165, 1.54) is 0 Å². The number of hydrogen-bond donors (Lipinski definition) is 1. The minimum Gasteiger partial charge on any atom is -0.313 e. The molecular weight excluding hydrogens is 209 g/mol. The molecular formula is C8H7Cl2N3. The van der Waals surface area contributed by atoms with Crippen molar-refractivity contribution in [1.29, 1.82) is 0 Å². The van der Waals surface area contributed by atoms with E-state index in [1.807, 2.05) is 29.5 Å². The Hall–Kier alpha value is -0.930. The smallest absolute Gasteiger partial charge is 0.213 e. The summed E-state index contributed by atoms with van der Waals surface area (Å²) in [6, 6.07) is 0. The summed E-state index contributed by atoms with van der Waals surface area (Å²) in [5, 5.41) is 0.660. The summed E-state index contributed by atoms with van der Waals surface area (Å²) in [5.74, 6) is 0.627. The van der Waals surface area contributed by atoms with Gasteiger partial charge in [0, 0.05) is 12.4 Å². The van der Waals surface area contributed by atoms with Gasteiger partial charge in [-0.2, -0.15) is 4.98 Å². The van der Waals surface area contributed by atoms with Gasteiger partial charge in [0.2, 0.25) is 5.95 Å². The monoisotopic (exact) mass is 215 g/mol. The van der Waals surface area contributed by atoms with E-state index >= 15 is 0 Å². The molecule has 2 heterocycles. The third-order valence-corrected chi connectivity index (χ3v) is 2.30. The lowest BCUT2D eigenvalue weighted by Crippen LogP contribution is -2.10. The fourth-order valence-corrected chi connectivity index (χ4v) is 1.31. The number of imidazole rings is 1. The molecule has 0 radical (unpaired) electrons. The Morgan fingerprint density at radius 1 is 1.31 bits per heavy atom. The predicted molar refractivity (Wildman–Crippen MR) is 54.0 cm³/mol. The highest BCUT2D eigenvalue weighted by atomic mass is 35.5. The van der Waals surface area contributed by atoms with Gasteiger partial charge in [0.25, 0.3) is 0 Å². The van der Waals surface area contributed by atoms with Crippen molar-refractivity contribution >= 4 is 29.2 Å². The first-order valence-corrected chi connectivity index (χ1v) is 4.55. The van der Waals surface area contributed by atoms with Crippen LogP contribution in [0.3, 0.4) is 0 Å². The third-order valence-electron chi connectivity index (χ3n) is 1.66. The molecule has 1 aromatic rings. The van der Waals surface area contributed by atoms with E-state index in [-0.39, 0.29) is 0 Å². The van der Waals surface area contributed by atoms with Crippen LogP contribution in [-0.2, 0) is 0 Å². The molecule has 0 spiro atoms. The lowest BCUT2D eigenvalue weighted by atomic mass is 10.3. The van der Waals surface area contributed by atoms with Crippen molar-refractivity contribution in [1.82, 2.24) is 9.97 Å². The molecule has 68 valence electrons. The van der Waals surface area contributed by atoms with Crippen LogP contribution in [0.2, 0.25) is 10.3 Å². The molecule has 0 saturated carbocycles.